The van der Waals surface area contributed by atoms with Crippen molar-refractivity contribution in [1.82, 2.24) is 0 Å². The lowest BCUT2D eigenvalue weighted by Gasteiger charge is -2.24. The normalized spacial score (nSPS) is 13.6. The van der Waals surface area contributed by atoms with Gasteiger partial charge in [-0.2, -0.15) is 13.2 Å². The highest BCUT2D eigenvalue weighted by Crippen LogP contribution is 2.30. The molecule has 6 heteroatoms. The summed E-state index contributed by atoms with van der Waals surface area (Å²) in [5.41, 5.74) is -0.0865. The van der Waals surface area contributed by atoms with Gasteiger partial charge in [-0.1, -0.05) is 6.07 Å². The molecule has 0 radical (unpaired) electrons. The van der Waals surface area contributed by atoms with Crippen molar-refractivity contribution in [2.24, 2.45) is 0 Å². The zero-order valence-corrected chi connectivity index (χ0v) is 9.42. The van der Waals surface area contributed by atoms with Gasteiger partial charge in [-0.25, -0.2) is 4.39 Å². The van der Waals surface area contributed by atoms with Crippen LogP contribution in [-0.2, 0) is 0 Å². The van der Waals surface area contributed by atoms with E-state index in [1.165, 1.54) is 26.1 Å². The molecule has 1 rings (SSSR count). The molecule has 1 atom stereocenters. The molecule has 0 unspecified atom stereocenters. The largest absolute Gasteiger partial charge is 0.405 e. The van der Waals surface area contributed by atoms with Crippen LogP contribution in [0.25, 0.3) is 0 Å². The lowest BCUT2D eigenvalue weighted by Crippen LogP contribution is -2.31. The molecule has 0 spiro atoms. The highest BCUT2D eigenvalue weighted by atomic mass is 19.4. The number of anilines is 1. The maximum atomic E-state index is 13.4. The SMILES string of the molecule is C[C@@H](O)c1c(F)cccc1N(C)CC(F)(F)F. The average Bonchev–Trinajstić information content (AvgIpc) is 2.13. The quantitative estimate of drug-likeness (QED) is 0.835. The minimum Gasteiger partial charge on any atom is -0.389 e. The highest BCUT2D eigenvalue weighted by molar-refractivity contribution is 5.54. The second kappa shape index (κ2) is 4.91. The maximum Gasteiger partial charge on any atom is 0.405 e. The molecular weight excluding hydrogens is 238 g/mol. The molecule has 0 aromatic heterocycles. The van der Waals surface area contributed by atoms with Crippen LogP contribution in [0.1, 0.15) is 18.6 Å². The number of nitrogens with zero attached hydrogens (tertiary/aromatic N) is 1. The van der Waals surface area contributed by atoms with Crippen LogP contribution in [0.3, 0.4) is 0 Å². The molecule has 1 N–H and O–H groups in total. The summed E-state index contributed by atoms with van der Waals surface area (Å²) in [5.74, 6) is -0.716. The average molecular weight is 251 g/mol. The molecule has 0 aliphatic heterocycles. The number of benzene rings is 1. The summed E-state index contributed by atoms with van der Waals surface area (Å²) >= 11 is 0. The summed E-state index contributed by atoms with van der Waals surface area (Å²) in [7, 11) is 1.20. The first-order valence-corrected chi connectivity index (χ1v) is 4.96. The predicted octanol–water partition coefficient (Wildman–Crippen LogP) is 2.88. The van der Waals surface area contributed by atoms with E-state index in [4.69, 9.17) is 0 Å². The lowest BCUT2D eigenvalue weighted by atomic mass is 10.1. The second-order valence-electron chi connectivity index (χ2n) is 3.82. The van der Waals surface area contributed by atoms with E-state index in [-0.39, 0.29) is 11.3 Å². The fourth-order valence-corrected chi connectivity index (χ4v) is 1.63. The minimum absolute atomic E-state index is 0.0392. The molecule has 0 saturated heterocycles. The summed E-state index contributed by atoms with van der Waals surface area (Å²) in [4.78, 5) is 0.866. The van der Waals surface area contributed by atoms with E-state index in [1.807, 2.05) is 0 Å². The Morgan fingerprint density at radius 2 is 1.94 bits per heavy atom. The van der Waals surface area contributed by atoms with Crippen LogP contribution in [-0.4, -0.2) is 24.9 Å². The Labute approximate surface area is 96.5 Å². The van der Waals surface area contributed by atoms with Crippen molar-refractivity contribution in [1.29, 1.82) is 0 Å². The third-order valence-corrected chi connectivity index (χ3v) is 2.28. The fourth-order valence-electron chi connectivity index (χ4n) is 1.63. The van der Waals surface area contributed by atoms with Crippen molar-refractivity contribution in [2.75, 3.05) is 18.5 Å². The summed E-state index contributed by atoms with van der Waals surface area (Å²) in [5, 5.41) is 9.38. The Morgan fingerprint density at radius 3 is 2.41 bits per heavy atom. The molecule has 2 nitrogen and oxygen atoms in total. The van der Waals surface area contributed by atoms with Gasteiger partial charge in [0.1, 0.15) is 12.4 Å². The first-order chi connectivity index (χ1) is 7.72. The van der Waals surface area contributed by atoms with E-state index < -0.39 is 24.6 Å². The van der Waals surface area contributed by atoms with E-state index in [0.717, 1.165) is 11.0 Å². The number of alkyl halides is 3. The van der Waals surface area contributed by atoms with Crippen molar-refractivity contribution < 1.29 is 22.7 Å². The van der Waals surface area contributed by atoms with E-state index in [9.17, 15) is 22.7 Å². The predicted molar refractivity (Wildman–Crippen MR) is 56.4 cm³/mol. The Morgan fingerprint density at radius 1 is 1.35 bits per heavy atom. The number of halogens is 4. The summed E-state index contributed by atoms with van der Waals surface area (Å²) in [6.45, 7) is 0.111. The monoisotopic (exact) mass is 251 g/mol. The summed E-state index contributed by atoms with van der Waals surface area (Å²) < 4.78 is 50.1. The van der Waals surface area contributed by atoms with Crippen LogP contribution in [0, 0.1) is 5.82 Å². The van der Waals surface area contributed by atoms with E-state index >= 15 is 0 Å². The van der Waals surface area contributed by atoms with E-state index in [2.05, 4.69) is 0 Å². The molecular formula is C11H13F4NO. The van der Waals surface area contributed by atoms with Crippen LogP contribution in [0.15, 0.2) is 18.2 Å². The highest BCUT2D eigenvalue weighted by Gasteiger charge is 2.30. The molecule has 17 heavy (non-hydrogen) atoms. The molecule has 1 aromatic rings. The molecule has 0 amide bonds. The van der Waals surface area contributed by atoms with E-state index in [0.29, 0.717) is 0 Å². The standard InChI is InChI=1S/C11H13F4NO/c1-7(17)10-8(12)4-3-5-9(10)16(2)6-11(13,14)15/h3-5,7,17H,6H2,1-2H3/t7-/m1/s1. The maximum absolute atomic E-state index is 13.4. The smallest absolute Gasteiger partial charge is 0.389 e. The molecule has 1 aromatic carbocycles. The fraction of sp³-hybridized carbons (Fsp3) is 0.455. The van der Waals surface area contributed by atoms with Crippen LogP contribution < -0.4 is 4.90 Å². The third-order valence-electron chi connectivity index (χ3n) is 2.28. The van der Waals surface area contributed by atoms with Gasteiger partial charge in [-0.15, -0.1) is 0 Å². The molecule has 0 fully saturated rings. The van der Waals surface area contributed by atoms with Gasteiger partial charge >= 0.3 is 6.18 Å². The van der Waals surface area contributed by atoms with Crippen LogP contribution in [0.5, 0.6) is 0 Å². The van der Waals surface area contributed by atoms with Crippen LogP contribution in [0.2, 0.25) is 0 Å². The molecule has 0 heterocycles. The van der Waals surface area contributed by atoms with Gasteiger partial charge in [-0.05, 0) is 19.1 Å². The first-order valence-electron chi connectivity index (χ1n) is 4.96. The topological polar surface area (TPSA) is 23.5 Å². The Kier molecular flexibility index (Phi) is 3.98. The van der Waals surface area contributed by atoms with Crippen molar-refractivity contribution >= 4 is 5.69 Å². The zero-order chi connectivity index (χ0) is 13.2. The number of hydrogen-bond donors (Lipinski definition) is 1. The van der Waals surface area contributed by atoms with Crippen molar-refractivity contribution in [3.63, 3.8) is 0 Å². The number of aliphatic hydroxyl groups excluding tert-OH is 1. The summed E-state index contributed by atoms with van der Waals surface area (Å²) in [6.07, 6.45) is -5.54. The molecule has 0 aliphatic carbocycles. The molecule has 0 saturated carbocycles. The second-order valence-corrected chi connectivity index (χ2v) is 3.82. The molecule has 0 bridgehead atoms. The van der Waals surface area contributed by atoms with Gasteiger partial charge in [-0.3, -0.25) is 0 Å². The Hall–Kier alpha value is -1.30. The van der Waals surface area contributed by atoms with Crippen molar-refractivity contribution in [2.45, 2.75) is 19.2 Å². The van der Waals surface area contributed by atoms with Crippen molar-refractivity contribution in [3.8, 4) is 0 Å². The molecule has 0 aliphatic rings. The number of hydrogen-bond acceptors (Lipinski definition) is 2. The van der Waals surface area contributed by atoms with Gasteiger partial charge in [0.2, 0.25) is 0 Å². The van der Waals surface area contributed by atoms with Gasteiger partial charge in [0, 0.05) is 18.3 Å². The molecule has 96 valence electrons. The Bertz CT molecular complexity index is 390. The lowest BCUT2D eigenvalue weighted by molar-refractivity contribution is -0.119. The van der Waals surface area contributed by atoms with Gasteiger partial charge in [0.05, 0.1) is 6.10 Å². The third kappa shape index (κ3) is 3.59. The van der Waals surface area contributed by atoms with Crippen LogP contribution in [0.4, 0.5) is 23.2 Å². The zero-order valence-electron chi connectivity index (χ0n) is 9.42. The number of aliphatic hydroxyl groups is 1. The van der Waals surface area contributed by atoms with Gasteiger partial charge < -0.3 is 10.0 Å². The van der Waals surface area contributed by atoms with Gasteiger partial charge in [0.25, 0.3) is 0 Å². The number of rotatable bonds is 3. The Balaban J connectivity index is 3.09. The van der Waals surface area contributed by atoms with Crippen molar-refractivity contribution in [3.05, 3.63) is 29.6 Å². The van der Waals surface area contributed by atoms with Gasteiger partial charge in [0.15, 0.2) is 0 Å². The summed E-state index contributed by atoms with van der Waals surface area (Å²) in [6, 6.07) is 3.76. The van der Waals surface area contributed by atoms with E-state index in [1.54, 1.807) is 0 Å². The first kappa shape index (κ1) is 13.8. The minimum atomic E-state index is -4.38. The van der Waals surface area contributed by atoms with Crippen LogP contribution >= 0.6 is 0 Å².